The van der Waals surface area contributed by atoms with Crippen molar-refractivity contribution in [2.75, 3.05) is 31.2 Å². The zero-order chi connectivity index (χ0) is 31.8. The number of anilines is 1. The number of benzene rings is 3. The lowest BCUT2D eigenvalue weighted by Crippen LogP contribution is -2.57. The number of alkyl halides is 3. The molecule has 0 unspecified atom stereocenters. The summed E-state index contributed by atoms with van der Waals surface area (Å²) in [5.74, 6) is -0.821. The first-order valence-electron chi connectivity index (χ1n) is 14.4. The molecule has 1 N–H and O–H groups in total. The highest BCUT2D eigenvalue weighted by Gasteiger charge is 2.55. The van der Waals surface area contributed by atoms with E-state index in [1.165, 1.54) is 27.4 Å². The van der Waals surface area contributed by atoms with Gasteiger partial charge in [0.2, 0.25) is 21.8 Å². The number of nitrogens with zero attached hydrogens (tertiary/aromatic N) is 4. The number of fused-ring (bicyclic) bond motifs is 1. The molecular weight excluding hydrogens is 607 g/mol. The second-order valence-electron chi connectivity index (χ2n) is 11.1. The Labute approximate surface area is 258 Å². The Morgan fingerprint density at radius 1 is 0.933 bits per heavy atom. The Bertz CT molecular complexity index is 1840. The van der Waals surface area contributed by atoms with Gasteiger partial charge in [-0.1, -0.05) is 48.5 Å². The van der Waals surface area contributed by atoms with Crippen molar-refractivity contribution in [1.82, 2.24) is 19.5 Å². The van der Waals surface area contributed by atoms with Gasteiger partial charge in [-0.3, -0.25) is 14.6 Å². The molecule has 6 rings (SSSR count). The molecule has 1 spiro atoms. The summed E-state index contributed by atoms with van der Waals surface area (Å²) in [6, 6.07) is 22.5. The molecule has 2 fully saturated rings. The van der Waals surface area contributed by atoms with E-state index in [1.807, 2.05) is 35.2 Å². The summed E-state index contributed by atoms with van der Waals surface area (Å²) < 4.78 is 68.2. The van der Waals surface area contributed by atoms with E-state index in [-0.39, 0.29) is 62.1 Å². The molecule has 45 heavy (non-hydrogen) atoms. The predicted octanol–water partition coefficient (Wildman–Crippen LogP) is 4.40. The number of nitrogens with one attached hydrogen (secondary N) is 1. The molecule has 4 aromatic rings. The highest BCUT2D eigenvalue weighted by Crippen LogP contribution is 2.41. The predicted molar refractivity (Wildman–Crippen MR) is 161 cm³/mol. The van der Waals surface area contributed by atoms with Crippen molar-refractivity contribution in [2.45, 2.75) is 36.0 Å². The number of amides is 2. The number of pyridine rings is 1. The molecule has 9 nitrogen and oxygen atoms in total. The van der Waals surface area contributed by atoms with Gasteiger partial charge in [-0.25, -0.2) is 8.42 Å². The SMILES string of the molecule is O=C(CN1CN(c2ccccc2)C2(CCN(S(=O)(=O)c3cccc4cccnc34)CC2)C1=O)NCc1cccc(C(F)(F)F)c1. The Morgan fingerprint density at radius 3 is 2.38 bits per heavy atom. The van der Waals surface area contributed by atoms with E-state index in [0.29, 0.717) is 10.9 Å². The van der Waals surface area contributed by atoms with Gasteiger partial charge in [0.1, 0.15) is 17.0 Å². The van der Waals surface area contributed by atoms with Gasteiger partial charge < -0.3 is 15.1 Å². The van der Waals surface area contributed by atoms with Gasteiger partial charge in [0.25, 0.3) is 0 Å². The lowest BCUT2D eigenvalue weighted by molar-refractivity contribution is -0.138. The van der Waals surface area contributed by atoms with Crippen LogP contribution in [0.15, 0.2) is 96.0 Å². The van der Waals surface area contributed by atoms with Gasteiger partial charge >= 0.3 is 6.18 Å². The van der Waals surface area contributed by atoms with Crippen LogP contribution < -0.4 is 10.2 Å². The quantitative estimate of drug-likeness (QED) is 0.323. The van der Waals surface area contributed by atoms with Gasteiger partial charge in [-0.2, -0.15) is 17.5 Å². The van der Waals surface area contributed by atoms with Crippen LogP contribution in [0.25, 0.3) is 10.9 Å². The summed E-state index contributed by atoms with van der Waals surface area (Å²) in [5, 5.41) is 3.32. The Kier molecular flexibility index (Phi) is 8.00. The number of carbonyl (C=O) groups excluding carboxylic acids is 2. The molecule has 0 radical (unpaired) electrons. The molecule has 2 aliphatic heterocycles. The van der Waals surface area contributed by atoms with Gasteiger partial charge in [0.15, 0.2) is 0 Å². The number of hydrogen-bond acceptors (Lipinski definition) is 6. The van der Waals surface area contributed by atoms with Crippen LogP contribution in [-0.2, 0) is 32.3 Å². The first kappa shape index (κ1) is 30.5. The highest BCUT2D eigenvalue weighted by molar-refractivity contribution is 7.89. The minimum atomic E-state index is -4.50. The molecule has 0 aliphatic carbocycles. The molecule has 0 bridgehead atoms. The standard InChI is InChI=1S/C32H30F3N5O4S/c33-32(34,35)25-10-4-7-23(19-25)20-37-28(41)21-38-22-40(26-11-2-1-3-12-26)31(30(38)42)14-17-39(18-15-31)45(43,44)27-13-5-8-24-9-6-16-36-29(24)27/h1-13,16,19H,14-15,17-18,20-22H2,(H,37,41). The number of aromatic nitrogens is 1. The highest BCUT2D eigenvalue weighted by atomic mass is 32.2. The third-order valence-corrected chi connectivity index (χ3v) is 10.4. The van der Waals surface area contributed by atoms with Gasteiger partial charge in [0, 0.05) is 36.9 Å². The second-order valence-corrected chi connectivity index (χ2v) is 13.1. The number of para-hydroxylation sites is 2. The van der Waals surface area contributed by atoms with Gasteiger partial charge in [-0.05, 0) is 54.8 Å². The average molecular weight is 638 g/mol. The van der Waals surface area contributed by atoms with Crippen LogP contribution in [-0.4, -0.2) is 66.3 Å². The normalized spacial score (nSPS) is 17.3. The van der Waals surface area contributed by atoms with Crippen molar-refractivity contribution in [3.63, 3.8) is 0 Å². The third kappa shape index (κ3) is 5.85. The maximum Gasteiger partial charge on any atom is 0.416 e. The molecule has 2 amide bonds. The van der Waals surface area contributed by atoms with E-state index >= 15 is 0 Å². The fraction of sp³-hybridized carbons (Fsp3) is 0.281. The molecule has 2 aliphatic rings. The van der Waals surface area contributed by atoms with Gasteiger partial charge in [0.05, 0.1) is 17.7 Å². The van der Waals surface area contributed by atoms with Crippen molar-refractivity contribution < 1.29 is 31.2 Å². The van der Waals surface area contributed by atoms with Crippen LogP contribution in [0.2, 0.25) is 0 Å². The molecule has 3 aromatic carbocycles. The van der Waals surface area contributed by atoms with Crippen LogP contribution in [0.5, 0.6) is 0 Å². The molecule has 2 saturated heterocycles. The monoisotopic (exact) mass is 637 g/mol. The summed E-state index contributed by atoms with van der Waals surface area (Å²) in [4.78, 5) is 34.7. The smallest absolute Gasteiger partial charge is 0.350 e. The van der Waals surface area contributed by atoms with Crippen molar-refractivity contribution in [2.24, 2.45) is 0 Å². The van der Waals surface area contributed by atoms with Crippen LogP contribution in [0, 0.1) is 0 Å². The average Bonchev–Trinajstić information content (AvgIpc) is 3.30. The topological polar surface area (TPSA) is 103 Å². The molecule has 234 valence electrons. The van der Waals surface area contributed by atoms with E-state index in [9.17, 15) is 31.2 Å². The van der Waals surface area contributed by atoms with Crippen molar-refractivity contribution >= 4 is 38.4 Å². The first-order chi connectivity index (χ1) is 21.5. The van der Waals surface area contributed by atoms with Crippen LogP contribution in [0.1, 0.15) is 24.0 Å². The summed E-state index contributed by atoms with van der Waals surface area (Å²) in [7, 11) is -3.92. The summed E-state index contributed by atoms with van der Waals surface area (Å²) >= 11 is 0. The van der Waals surface area contributed by atoms with Gasteiger partial charge in [-0.15, -0.1) is 0 Å². The summed E-state index contributed by atoms with van der Waals surface area (Å²) in [6.07, 6.45) is -2.56. The Balaban J connectivity index is 1.19. The number of hydrogen-bond donors (Lipinski definition) is 1. The van der Waals surface area contributed by atoms with E-state index in [1.54, 1.807) is 30.5 Å². The zero-order valence-electron chi connectivity index (χ0n) is 24.1. The number of rotatable bonds is 7. The first-order valence-corrected chi connectivity index (χ1v) is 15.8. The number of halogens is 3. The maximum atomic E-state index is 14.0. The largest absolute Gasteiger partial charge is 0.416 e. The van der Waals surface area contributed by atoms with Crippen LogP contribution in [0.3, 0.4) is 0 Å². The van der Waals surface area contributed by atoms with Crippen molar-refractivity contribution in [3.05, 3.63) is 102 Å². The van der Waals surface area contributed by atoms with Crippen molar-refractivity contribution in [3.8, 4) is 0 Å². The molecule has 13 heteroatoms. The fourth-order valence-corrected chi connectivity index (χ4v) is 7.74. The molecule has 0 atom stereocenters. The zero-order valence-corrected chi connectivity index (χ0v) is 24.9. The van der Waals surface area contributed by atoms with E-state index in [4.69, 9.17) is 0 Å². The lowest BCUT2D eigenvalue weighted by Gasteiger charge is -2.42. The fourth-order valence-electron chi connectivity index (χ4n) is 6.13. The maximum absolute atomic E-state index is 14.0. The summed E-state index contributed by atoms with van der Waals surface area (Å²) in [6.45, 7) is -0.174. The minimum absolute atomic E-state index is 0.0796. The number of piperidine rings is 1. The van der Waals surface area contributed by atoms with Crippen molar-refractivity contribution in [1.29, 1.82) is 0 Å². The van der Waals surface area contributed by atoms with Crippen LogP contribution >= 0.6 is 0 Å². The number of sulfonamides is 1. The van der Waals surface area contributed by atoms with Crippen LogP contribution in [0.4, 0.5) is 18.9 Å². The second kappa shape index (κ2) is 11.8. The molecular formula is C32H30F3N5O4S. The minimum Gasteiger partial charge on any atom is -0.350 e. The molecule has 3 heterocycles. The molecule has 1 aromatic heterocycles. The Morgan fingerprint density at radius 2 is 1.64 bits per heavy atom. The number of carbonyl (C=O) groups is 2. The van der Waals surface area contributed by atoms with E-state index < -0.39 is 33.2 Å². The Hall–Kier alpha value is -4.49. The summed E-state index contributed by atoms with van der Waals surface area (Å²) in [5.41, 5.74) is -0.471. The van der Waals surface area contributed by atoms with E-state index in [2.05, 4.69) is 10.3 Å². The third-order valence-electron chi connectivity index (χ3n) is 8.42. The lowest BCUT2D eigenvalue weighted by atomic mass is 9.86. The van der Waals surface area contributed by atoms with E-state index in [0.717, 1.165) is 17.8 Å². The molecule has 0 saturated carbocycles.